The number of hydrogen-bond donors (Lipinski definition) is 1. The molecule has 0 unspecified atom stereocenters. The molecule has 2 aromatic carbocycles. The van der Waals surface area contributed by atoms with Gasteiger partial charge in [0.25, 0.3) is 11.1 Å². The number of benzene rings is 2. The Labute approximate surface area is 180 Å². The number of nitrogens with zero attached hydrogens (tertiary/aromatic N) is 1. The van der Waals surface area contributed by atoms with Crippen LogP contribution in [0.1, 0.15) is 36.5 Å². The van der Waals surface area contributed by atoms with Gasteiger partial charge in [-0.1, -0.05) is 32.0 Å². The largest absolute Gasteiger partial charge is 0.504 e. The summed E-state index contributed by atoms with van der Waals surface area (Å²) in [4.78, 5) is 26.5. The van der Waals surface area contributed by atoms with Crippen LogP contribution in [0, 0.1) is 6.92 Å². The van der Waals surface area contributed by atoms with Crippen molar-refractivity contribution in [3.63, 3.8) is 0 Å². The monoisotopic (exact) mass is 427 g/mol. The smallest absolute Gasteiger partial charge is 0.293 e. The molecule has 2 amide bonds. The number of aromatic hydroxyl groups is 1. The van der Waals surface area contributed by atoms with E-state index in [1.807, 2.05) is 25.1 Å². The quantitative estimate of drug-likeness (QED) is 0.630. The molecule has 0 atom stereocenters. The Morgan fingerprint density at radius 3 is 2.57 bits per heavy atom. The van der Waals surface area contributed by atoms with E-state index in [1.165, 1.54) is 18.1 Å². The Bertz CT molecular complexity index is 999. The summed E-state index contributed by atoms with van der Waals surface area (Å²) in [5, 5.41) is 9.57. The van der Waals surface area contributed by atoms with Crippen molar-refractivity contribution in [2.24, 2.45) is 0 Å². The molecule has 7 heteroatoms. The van der Waals surface area contributed by atoms with Crippen LogP contribution in [0.4, 0.5) is 4.79 Å². The third kappa shape index (κ3) is 4.79. The van der Waals surface area contributed by atoms with Crippen molar-refractivity contribution in [1.29, 1.82) is 0 Å². The zero-order chi connectivity index (χ0) is 21.8. The molecule has 0 spiro atoms. The highest BCUT2D eigenvalue weighted by molar-refractivity contribution is 8.18. The molecule has 0 saturated carbocycles. The SMILES string of the molecule is COc1ccc(/C=C2\SC(=O)N(CCOc3cc(C)ccc3C(C)C)C2=O)cc1O. The van der Waals surface area contributed by atoms with Gasteiger partial charge in [-0.15, -0.1) is 0 Å². The Kier molecular flexibility index (Phi) is 6.72. The number of aryl methyl sites for hydroxylation is 1. The number of hydrogen-bond acceptors (Lipinski definition) is 6. The lowest BCUT2D eigenvalue weighted by molar-refractivity contribution is -0.123. The minimum absolute atomic E-state index is 0.0296. The normalized spacial score (nSPS) is 15.4. The summed E-state index contributed by atoms with van der Waals surface area (Å²) in [6.07, 6.45) is 1.59. The van der Waals surface area contributed by atoms with Crippen molar-refractivity contribution >= 4 is 29.0 Å². The molecule has 0 aliphatic carbocycles. The number of rotatable bonds is 7. The first kappa shape index (κ1) is 21.8. The number of carbonyl (C=O) groups excluding carboxylic acids is 2. The van der Waals surface area contributed by atoms with E-state index >= 15 is 0 Å². The summed E-state index contributed by atoms with van der Waals surface area (Å²) in [6, 6.07) is 10.9. The van der Waals surface area contributed by atoms with Crippen molar-refractivity contribution in [2.75, 3.05) is 20.3 Å². The molecule has 30 heavy (non-hydrogen) atoms. The number of phenols is 1. The zero-order valence-corrected chi connectivity index (χ0v) is 18.3. The average Bonchev–Trinajstić information content (AvgIpc) is 2.95. The van der Waals surface area contributed by atoms with Crippen molar-refractivity contribution in [3.05, 3.63) is 58.0 Å². The topological polar surface area (TPSA) is 76.1 Å². The molecule has 158 valence electrons. The number of ether oxygens (including phenoxy) is 2. The fourth-order valence-corrected chi connectivity index (χ4v) is 4.00. The Morgan fingerprint density at radius 1 is 1.13 bits per heavy atom. The minimum Gasteiger partial charge on any atom is -0.504 e. The van der Waals surface area contributed by atoms with Crippen LogP contribution >= 0.6 is 11.8 Å². The van der Waals surface area contributed by atoms with Crippen LogP contribution in [0.2, 0.25) is 0 Å². The number of methoxy groups -OCH3 is 1. The molecule has 2 aromatic rings. The van der Waals surface area contributed by atoms with E-state index < -0.39 is 0 Å². The van der Waals surface area contributed by atoms with Gasteiger partial charge in [0.05, 0.1) is 18.6 Å². The van der Waals surface area contributed by atoms with Crippen molar-refractivity contribution in [3.8, 4) is 17.2 Å². The zero-order valence-electron chi connectivity index (χ0n) is 17.5. The number of imide groups is 1. The fourth-order valence-electron chi connectivity index (χ4n) is 3.13. The van der Waals surface area contributed by atoms with Crippen molar-refractivity contribution < 1.29 is 24.2 Å². The highest BCUT2D eigenvalue weighted by Crippen LogP contribution is 2.34. The molecule has 0 radical (unpaired) electrons. The molecular weight excluding hydrogens is 402 g/mol. The lowest BCUT2D eigenvalue weighted by Crippen LogP contribution is -2.32. The Hall–Kier alpha value is -2.93. The minimum atomic E-state index is -0.364. The molecule has 1 aliphatic heterocycles. The highest BCUT2D eigenvalue weighted by atomic mass is 32.2. The maximum atomic E-state index is 12.7. The first-order valence-electron chi connectivity index (χ1n) is 9.66. The molecule has 0 aromatic heterocycles. The van der Waals surface area contributed by atoms with Gasteiger partial charge >= 0.3 is 0 Å². The molecule has 1 saturated heterocycles. The number of amides is 2. The van der Waals surface area contributed by atoms with Gasteiger partial charge < -0.3 is 14.6 Å². The van der Waals surface area contributed by atoms with Crippen LogP contribution in [-0.4, -0.2) is 41.4 Å². The molecule has 6 nitrogen and oxygen atoms in total. The molecule has 1 aliphatic rings. The summed E-state index contributed by atoms with van der Waals surface area (Å²) in [6.45, 7) is 6.57. The lowest BCUT2D eigenvalue weighted by atomic mass is 10.0. The first-order chi connectivity index (χ1) is 14.3. The molecule has 1 fully saturated rings. The van der Waals surface area contributed by atoms with Gasteiger partial charge in [0.15, 0.2) is 11.5 Å². The van der Waals surface area contributed by atoms with Gasteiger partial charge in [0.2, 0.25) is 0 Å². The summed E-state index contributed by atoms with van der Waals surface area (Å²) in [5.74, 6) is 1.03. The van der Waals surface area contributed by atoms with Crippen LogP contribution in [-0.2, 0) is 4.79 Å². The first-order valence-corrected chi connectivity index (χ1v) is 10.5. The highest BCUT2D eigenvalue weighted by Gasteiger charge is 2.34. The standard InChI is InChI=1S/C23H25NO5S/c1-14(2)17-7-5-15(3)11-20(17)29-10-9-24-22(26)21(30-23(24)27)13-16-6-8-19(28-4)18(25)12-16/h5-8,11-14,25H,9-10H2,1-4H3/b21-13-. The van der Waals surface area contributed by atoms with Gasteiger partial charge in [-0.05, 0) is 65.6 Å². The lowest BCUT2D eigenvalue weighted by Gasteiger charge is -2.17. The van der Waals surface area contributed by atoms with Gasteiger partial charge in [-0.3, -0.25) is 14.5 Å². The number of thioether (sulfide) groups is 1. The van der Waals surface area contributed by atoms with Crippen LogP contribution in [0.5, 0.6) is 17.2 Å². The van der Waals surface area contributed by atoms with E-state index in [0.717, 1.165) is 28.6 Å². The fraction of sp³-hybridized carbons (Fsp3) is 0.304. The maximum Gasteiger partial charge on any atom is 0.293 e. The van der Waals surface area contributed by atoms with Gasteiger partial charge in [-0.25, -0.2) is 0 Å². The van der Waals surface area contributed by atoms with Gasteiger partial charge in [0, 0.05) is 0 Å². The van der Waals surface area contributed by atoms with Gasteiger partial charge in [0.1, 0.15) is 12.4 Å². The summed E-state index contributed by atoms with van der Waals surface area (Å²) in [5.41, 5.74) is 2.79. The van der Waals surface area contributed by atoms with E-state index in [9.17, 15) is 14.7 Å². The van der Waals surface area contributed by atoms with Crippen LogP contribution in [0.15, 0.2) is 41.3 Å². The molecule has 3 rings (SSSR count). The van der Waals surface area contributed by atoms with E-state index in [2.05, 4.69) is 13.8 Å². The average molecular weight is 428 g/mol. The van der Waals surface area contributed by atoms with Crippen molar-refractivity contribution in [2.45, 2.75) is 26.7 Å². The molecule has 1 N–H and O–H groups in total. The Balaban J connectivity index is 1.67. The van der Waals surface area contributed by atoms with Crippen LogP contribution in [0.3, 0.4) is 0 Å². The third-order valence-electron chi connectivity index (χ3n) is 4.74. The number of phenolic OH excluding ortho intramolecular Hbond substituents is 1. The second-order valence-corrected chi connectivity index (χ2v) is 8.30. The van der Waals surface area contributed by atoms with E-state index in [-0.39, 0.29) is 30.0 Å². The second-order valence-electron chi connectivity index (χ2n) is 7.31. The maximum absolute atomic E-state index is 12.7. The summed E-state index contributed by atoms with van der Waals surface area (Å²) < 4.78 is 10.9. The van der Waals surface area contributed by atoms with E-state index in [1.54, 1.807) is 18.2 Å². The third-order valence-corrected chi connectivity index (χ3v) is 5.65. The predicted octanol–water partition coefficient (Wildman–Crippen LogP) is 4.95. The van der Waals surface area contributed by atoms with Crippen molar-refractivity contribution in [1.82, 2.24) is 4.90 Å². The predicted molar refractivity (Wildman–Crippen MR) is 118 cm³/mol. The van der Waals surface area contributed by atoms with Gasteiger partial charge in [-0.2, -0.15) is 0 Å². The second kappa shape index (κ2) is 9.26. The van der Waals surface area contributed by atoms with E-state index in [4.69, 9.17) is 9.47 Å². The number of carbonyl (C=O) groups is 2. The van der Waals surface area contributed by atoms with Crippen LogP contribution in [0.25, 0.3) is 6.08 Å². The molecular formula is C23H25NO5S. The summed E-state index contributed by atoms with van der Waals surface area (Å²) >= 11 is 0.879. The summed E-state index contributed by atoms with van der Waals surface area (Å²) in [7, 11) is 1.46. The molecule has 0 bridgehead atoms. The Morgan fingerprint density at radius 2 is 1.90 bits per heavy atom. The molecule has 1 heterocycles. The van der Waals surface area contributed by atoms with E-state index in [0.29, 0.717) is 22.1 Å². The van der Waals surface area contributed by atoms with Crippen LogP contribution < -0.4 is 9.47 Å².